The summed E-state index contributed by atoms with van der Waals surface area (Å²) in [6.07, 6.45) is 7.43. The van der Waals surface area contributed by atoms with E-state index in [-0.39, 0.29) is 0 Å². The highest BCUT2D eigenvalue weighted by Crippen LogP contribution is 2.18. The van der Waals surface area contributed by atoms with Crippen LogP contribution in [-0.4, -0.2) is 12.8 Å². The van der Waals surface area contributed by atoms with Gasteiger partial charge in [0, 0.05) is 10.9 Å². The average Bonchev–Trinajstić information content (AvgIpc) is 2.38. The van der Waals surface area contributed by atoms with E-state index in [0.29, 0.717) is 6.04 Å². The zero-order valence-electron chi connectivity index (χ0n) is 11.3. The number of benzene rings is 1. The third-order valence-electron chi connectivity index (χ3n) is 3.10. The van der Waals surface area contributed by atoms with Gasteiger partial charge >= 0.3 is 0 Å². The van der Waals surface area contributed by atoms with Crippen molar-refractivity contribution < 1.29 is 0 Å². The molecule has 0 spiro atoms. The summed E-state index contributed by atoms with van der Waals surface area (Å²) in [5.41, 5.74) is 1.39. The van der Waals surface area contributed by atoms with E-state index < -0.39 is 0 Å². The number of unbranched alkanes of at least 4 members (excludes halogenated alkanes) is 3. The maximum Gasteiger partial charge on any atom is 0.0291 e. The summed E-state index contributed by atoms with van der Waals surface area (Å²) in [6.45, 7) is 5.63. The Morgan fingerprint density at radius 2 is 1.82 bits per heavy atom. The summed E-state index contributed by atoms with van der Waals surface area (Å²) < 4.78 is 0. The Kier molecular flexibility index (Phi) is 7.38. The molecule has 0 fully saturated rings. The van der Waals surface area contributed by atoms with Gasteiger partial charge in [0.2, 0.25) is 0 Å². The fourth-order valence-electron chi connectivity index (χ4n) is 1.88. The van der Waals surface area contributed by atoms with Crippen molar-refractivity contribution in [2.45, 2.75) is 50.5 Å². The first-order valence-corrected chi connectivity index (χ1v) is 7.87. The molecule has 1 aromatic carbocycles. The van der Waals surface area contributed by atoms with Crippen LogP contribution in [0.4, 0.5) is 0 Å². The highest BCUT2D eigenvalue weighted by atomic mass is 32.2. The van der Waals surface area contributed by atoms with Gasteiger partial charge in [0.05, 0.1) is 0 Å². The van der Waals surface area contributed by atoms with Crippen molar-refractivity contribution in [2.75, 3.05) is 12.8 Å². The van der Waals surface area contributed by atoms with Crippen LogP contribution in [0, 0.1) is 0 Å². The van der Waals surface area contributed by atoms with E-state index in [1.807, 2.05) is 0 Å². The molecule has 0 saturated heterocycles. The van der Waals surface area contributed by atoms with Crippen molar-refractivity contribution in [2.24, 2.45) is 0 Å². The standard InChI is InChI=1S/C15H25NS/c1-4-5-6-7-12-16-13(2)14-8-10-15(17-3)11-9-14/h8-11,13,16H,4-7,12H2,1-3H3. The summed E-state index contributed by atoms with van der Waals surface area (Å²) >= 11 is 1.80. The molecule has 96 valence electrons. The Hall–Kier alpha value is -0.470. The summed E-state index contributed by atoms with van der Waals surface area (Å²) in [5, 5.41) is 3.59. The van der Waals surface area contributed by atoms with Gasteiger partial charge in [-0.25, -0.2) is 0 Å². The van der Waals surface area contributed by atoms with Gasteiger partial charge in [-0.15, -0.1) is 11.8 Å². The van der Waals surface area contributed by atoms with Crippen LogP contribution in [0.3, 0.4) is 0 Å². The van der Waals surface area contributed by atoms with E-state index in [4.69, 9.17) is 0 Å². The molecule has 1 N–H and O–H groups in total. The van der Waals surface area contributed by atoms with Crippen LogP contribution in [0.15, 0.2) is 29.2 Å². The number of nitrogens with one attached hydrogen (secondary N) is 1. The quantitative estimate of drug-likeness (QED) is 0.533. The van der Waals surface area contributed by atoms with Crippen molar-refractivity contribution in [3.05, 3.63) is 29.8 Å². The van der Waals surface area contributed by atoms with Gasteiger partial charge in [-0.05, 0) is 43.8 Å². The van der Waals surface area contributed by atoms with Crippen molar-refractivity contribution in [3.8, 4) is 0 Å². The zero-order chi connectivity index (χ0) is 12.5. The molecular weight excluding hydrogens is 226 g/mol. The lowest BCUT2D eigenvalue weighted by molar-refractivity contribution is 0.536. The monoisotopic (exact) mass is 251 g/mol. The molecule has 0 bridgehead atoms. The van der Waals surface area contributed by atoms with Crippen molar-refractivity contribution in [1.29, 1.82) is 0 Å². The lowest BCUT2D eigenvalue weighted by atomic mass is 10.1. The Labute approximate surface area is 110 Å². The second-order valence-electron chi connectivity index (χ2n) is 4.51. The first kappa shape index (κ1) is 14.6. The van der Waals surface area contributed by atoms with Gasteiger partial charge in [-0.1, -0.05) is 38.3 Å². The van der Waals surface area contributed by atoms with E-state index >= 15 is 0 Å². The minimum Gasteiger partial charge on any atom is -0.310 e. The van der Waals surface area contributed by atoms with Gasteiger partial charge in [0.15, 0.2) is 0 Å². The van der Waals surface area contributed by atoms with Gasteiger partial charge in [0.25, 0.3) is 0 Å². The van der Waals surface area contributed by atoms with Crippen LogP contribution in [0.1, 0.15) is 51.1 Å². The second-order valence-corrected chi connectivity index (χ2v) is 5.39. The number of hydrogen-bond acceptors (Lipinski definition) is 2. The molecule has 0 amide bonds. The molecule has 2 heteroatoms. The molecule has 17 heavy (non-hydrogen) atoms. The molecule has 0 aliphatic heterocycles. The summed E-state index contributed by atoms with van der Waals surface area (Å²) in [7, 11) is 0. The molecular formula is C15H25NS. The smallest absolute Gasteiger partial charge is 0.0291 e. The van der Waals surface area contributed by atoms with Gasteiger partial charge in [-0.2, -0.15) is 0 Å². The molecule has 1 nitrogen and oxygen atoms in total. The molecule has 0 radical (unpaired) electrons. The Morgan fingerprint density at radius 1 is 1.12 bits per heavy atom. The molecule has 0 aromatic heterocycles. The van der Waals surface area contributed by atoms with Crippen molar-refractivity contribution in [1.82, 2.24) is 5.32 Å². The van der Waals surface area contributed by atoms with Crippen LogP contribution < -0.4 is 5.32 Å². The Morgan fingerprint density at radius 3 is 2.41 bits per heavy atom. The van der Waals surface area contributed by atoms with Crippen molar-refractivity contribution in [3.63, 3.8) is 0 Å². The summed E-state index contributed by atoms with van der Waals surface area (Å²) in [5.74, 6) is 0. The summed E-state index contributed by atoms with van der Waals surface area (Å²) in [6, 6.07) is 9.34. The van der Waals surface area contributed by atoms with Crippen LogP contribution >= 0.6 is 11.8 Å². The molecule has 0 aliphatic rings. The van der Waals surface area contributed by atoms with Gasteiger partial charge in [-0.3, -0.25) is 0 Å². The first-order chi connectivity index (χ1) is 8.27. The normalized spacial score (nSPS) is 12.6. The largest absolute Gasteiger partial charge is 0.310 e. The van der Waals surface area contributed by atoms with Crippen molar-refractivity contribution >= 4 is 11.8 Å². The summed E-state index contributed by atoms with van der Waals surface area (Å²) in [4.78, 5) is 1.34. The number of thioether (sulfide) groups is 1. The third-order valence-corrected chi connectivity index (χ3v) is 3.84. The second kappa shape index (κ2) is 8.60. The minimum absolute atomic E-state index is 0.465. The fourth-order valence-corrected chi connectivity index (χ4v) is 2.29. The predicted molar refractivity (Wildman–Crippen MR) is 78.8 cm³/mol. The van der Waals surface area contributed by atoms with Crippen LogP contribution in [0.2, 0.25) is 0 Å². The maximum absolute atomic E-state index is 3.59. The third kappa shape index (κ3) is 5.60. The number of hydrogen-bond donors (Lipinski definition) is 1. The Balaban J connectivity index is 2.28. The molecule has 1 aromatic rings. The highest BCUT2D eigenvalue weighted by Gasteiger charge is 2.03. The lowest BCUT2D eigenvalue weighted by Gasteiger charge is -2.14. The SMILES string of the molecule is CCCCCCNC(C)c1ccc(SC)cc1. The van der Waals surface area contributed by atoms with E-state index in [9.17, 15) is 0 Å². The highest BCUT2D eigenvalue weighted by molar-refractivity contribution is 7.98. The minimum atomic E-state index is 0.465. The lowest BCUT2D eigenvalue weighted by Crippen LogP contribution is -2.19. The molecule has 0 heterocycles. The zero-order valence-corrected chi connectivity index (χ0v) is 12.1. The molecule has 1 atom stereocenters. The molecule has 0 saturated carbocycles. The molecule has 0 aliphatic carbocycles. The van der Waals surface area contributed by atoms with E-state index in [0.717, 1.165) is 6.54 Å². The first-order valence-electron chi connectivity index (χ1n) is 6.65. The molecule has 1 unspecified atom stereocenters. The van der Waals surface area contributed by atoms with Crippen LogP contribution in [-0.2, 0) is 0 Å². The maximum atomic E-state index is 3.59. The fraction of sp³-hybridized carbons (Fsp3) is 0.600. The predicted octanol–water partition coefficient (Wildman–Crippen LogP) is 4.64. The van der Waals surface area contributed by atoms with E-state index in [1.54, 1.807) is 11.8 Å². The van der Waals surface area contributed by atoms with E-state index in [2.05, 4.69) is 49.7 Å². The molecule has 1 rings (SSSR count). The van der Waals surface area contributed by atoms with Gasteiger partial charge in [0.1, 0.15) is 0 Å². The van der Waals surface area contributed by atoms with Crippen LogP contribution in [0.25, 0.3) is 0 Å². The Bertz CT molecular complexity index is 294. The van der Waals surface area contributed by atoms with Gasteiger partial charge < -0.3 is 5.32 Å². The number of rotatable bonds is 8. The topological polar surface area (TPSA) is 12.0 Å². The van der Waals surface area contributed by atoms with E-state index in [1.165, 1.54) is 36.1 Å². The van der Waals surface area contributed by atoms with Crippen LogP contribution in [0.5, 0.6) is 0 Å². The average molecular weight is 251 g/mol.